The molecule has 0 unspecified atom stereocenters. The van der Waals surface area contributed by atoms with Crippen LogP contribution in [0.5, 0.6) is 0 Å². The average molecular weight is 446 g/mol. The number of carbonyl (C=O) groups is 3. The van der Waals surface area contributed by atoms with Gasteiger partial charge < -0.3 is 9.15 Å². The third-order valence-corrected chi connectivity index (χ3v) is 5.94. The molecular formula is C25H22N2O6. The highest BCUT2D eigenvalue weighted by Gasteiger charge is 2.61. The van der Waals surface area contributed by atoms with Gasteiger partial charge in [-0.1, -0.05) is 18.2 Å². The Kier molecular flexibility index (Phi) is 5.22. The van der Waals surface area contributed by atoms with Crippen LogP contribution in [0.2, 0.25) is 0 Å². The van der Waals surface area contributed by atoms with Crippen LogP contribution < -0.4 is 9.96 Å². The number of imide groups is 1. The summed E-state index contributed by atoms with van der Waals surface area (Å²) in [6.45, 7) is 3.92. The molecule has 0 N–H and O–H groups in total. The maximum Gasteiger partial charge on any atom is 0.338 e. The van der Waals surface area contributed by atoms with Gasteiger partial charge in [-0.3, -0.25) is 14.4 Å². The fraction of sp³-hybridized carbons (Fsp3) is 0.240. The number of rotatable bonds is 5. The topological polar surface area (TPSA) is 89.3 Å². The van der Waals surface area contributed by atoms with Crippen LogP contribution in [-0.4, -0.2) is 30.5 Å². The van der Waals surface area contributed by atoms with Crippen molar-refractivity contribution in [2.24, 2.45) is 5.92 Å². The molecule has 2 fully saturated rings. The number of carbonyl (C=O) groups excluding carboxylic acids is 3. The molecule has 168 valence electrons. The Morgan fingerprint density at radius 1 is 1.00 bits per heavy atom. The van der Waals surface area contributed by atoms with Crippen LogP contribution in [0.25, 0.3) is 0 Å². The molecule has 0 bridgehead atoms. The smallest absolute Gasteiger partial charge is 0.338 e. The van der Waals surface area contributed by atoms with Crippen LogP contribution in [0.1, 0.15) is 34.6 Å². The van der Waals surface area contributed by atoms with Gasteiger partial charge in [0.1, 0.15) is 17.7 Å². The van der Waals surface area contributed by atoms with E-state index in [9.17, 15) is 14.4 Å². The van der Waals surface area contributed by atoms with Gasteiger partial charge in [-0.2, -0.15) is 0 Å². The third kappa shape index (κ3) is 3.39. The Labute approximate surface area is 190 Å². The van der Waals surface area contributed by atoms with Crippen LogP contribution in [0.4, 0.5) is 11.4 Å². The number of hydrogen-bond donors (Lipinski definition) is 0. The molecule has 0 aliphatic carbocycles. The van der Waals surface area contributed by atoms with E-state index in [2.05, 4.69) is 0 Å². The summed E-state index contributed by atoms with van der Waals surface area (Å²) in [7, 11) is 0. The molecule has 2 aromatic carbocycles. The highest BCUT2D eigenvalue weighted by atomic mass is 16.7. The van der Waals surface area contributed by atoms with Gasteiger partial charge >= 0.3 is 5.97 Å². The third-order valence-electron chi connectivity index (χ3n) is 5.94. The van der Waals surface area contributed by atoms with Gasteiger partial charge in [-0.05, 0) is 61.9 Å². The van der Waals surface area contributed by atoms with Crippen molar-refractivity contribution in [1.82, 2.24) is 0 Å². The van der Waals surface area contributed by atoms with Crippen molar-refractivity contribution in [3.05, 3.63) is 83.8 Å². The molecule has 2 saturated heterocycles. The summed E-state index contributed by atoms with van der Waals surface area (Å²) >= 11 is 0. The average Bonchev–Trinajstić information content (AvgIpc) is 3.52. The van der Waals surface area contributed by atoms with Gasteiger partial charge in [0.2, 0.25) is 5.91 Å². The van der Waals surface area contributed by atoms with Crippen LogP contribution >= 0.6 is 0 Å². The number of benzene rings is 2. The maximum atomic E-state index is 13.6. The zero-order chi connectivity index (χ0) is 23.1. The van der Waals surface area contributed by atoms with Gasteiger partial charge in [-0.25, -0.2) is 14.8 Å². The number of aryl methyl sites for hydroxylation is 1. The predicted molar refractivity (Wildman–Crippen MR) is 118 cm³/mol. The molecule has 33 heavy (non-hydrogen) atoms. The lowest BCUT2D eigenvalue weighted by Crippen LogP contribution is -2.37. The standard InChI is InChI=1S/C25H22N2O6/c1-3-31-25(30)16-10-12-17(13-11-16)26-23(28)20-21(19-9-6-14-32-19)27(33-22(20)24(26)29)18-8-5-4-7-15(18)2/h4-14,20-22H,3H2,1-2H3/t20-,21-,22+/m0/s1. The van der Waals surface area contributed by atoms with E-state index in [4.69, 9.17) is 14.0 Å². The number of fused-ring (bicyclic) bond motifs is 1. The molecule has 0 saturated carbocycles. The molecular weight excluding hydrogens is 424 g/mol. The van der Waals surface area contributed by atoms with Gasteiger partial charge in [0.25, 0.3) is 5.91 Å². The summed E-state index contributed by atoms with van der Waals surface area (Å²) in [6, 6.07) is 16.7. The fourth-order valence-electron chi connectivity index (χ4n) is 4.40. The lowest BCUT2D eigenvalue weighted by Gasteiger charge is -2.28. The Morgan fingerprint density at radius 2 is 1.76 bits per heavy atom. The first kappa shape index (κ1) is 21.0. The summed E-state index contributed by atoms with van der Waals surface area (Å²) in [5.74, 6) is -1.55. The Hall–Kier alpha value is -3.91. The van der Waals surface area contributed by atoms with E-state index < -0.39 is 29.9 Å². The maximum absolute atomic E-state index is 13.6. The Bertz CT molecular complexity index is 1200. The lowest BCUT2D eigenvalue weighted by molar-refractivity contribution is -0.126. The van der Waals surface area contributed by atoms with Crippen molar-refractivity contribution in [3.8, 4) is 0 Å². The number of hydroxylamine groups is 1. The molecule has 3 heterocycles. The van der Waals surface area contributed by atoms with Crippen LogP contribution in [-0.2, 0) is 19.2 Å². The van der Waals surface area contributed by atoms with E-state index in [1.807, 2.05) is 31.2 Å². The van der Waals surface area contributed by atoms with Crippen molar-refractivity contribution < 1.29 is 28.4 Å². The van der Waals surface area contributed by atoms with E-state index in [0.717, 1.165) is 16.2 Å². The first-order valence-electron chi connectivity index (χ1n) is 10.7. The summed E-state index contributed by atoms with van der Waals surface area (Å²) in [5.41, 5.74) is 2.42. The lowest BCUT2D eigenvalue weighted by atomic mass is 9.94. The Morgan fingerprint density at radius 3 is 2.42 bits per heavy atom. The number of esters is 1. The SMILES string of the molecule is CCOC(=O)c1ccc(N2C(=O)[C@@H]3[C@@H](ON(c4ccccc4C)[C@H]3c3ccco3)C2=O)cc1. The van der Waals surface area contributed by atoms with E-state index in [1.165, 1.54) is 18.4 Å². The fourth-order valence-corrected chi connectivity index (χ4v) is 4.40. The minimum atomic E-state index is -0.989. The van der Waals surface area contributed by atoms with Crippen molar-refractivity contribution in [1.29, 1.82) is 0 Å². The first-order valence-corrected chi connectivity index (χ1v) is 10.7. The van der Waals surface area contributed by atoms with Gasteiger partial charge in [0.15, 0.2) is 6.10 Å². The zero-order valence-corrected chi connectivity index (χ0v) is 18.1. The van der Waals surface area contributed by atoms with Crippen molar-refractivity contribution in [2.75, 3.05) is 16.6 Å². The molecule has 3 atom stereocenters. The highest BCUT2D eigenvalue weighted by molar-refractivity contribution is 6.24. The number of nitrogens with zero attached hydrogens (tertiary/aromatic N) is 2. The minimum Gasteiger partial charge on any atom is -0.467 e. The van der Waals surface area contributed by atoms with E-state index in [0.29, 0.717) is 17.0 Å². The molecule has 8 nitrogen and oxygen atoms in total. The summed E-state index contributed by atoms with van der Waals surface area (Å²) in [5, 5.41) is 1.61. The molecule has 0 radical (unpaired) electrons. The minimum absolute atomic E-state index is 0.260. The number of amides is 2. The molecule has 1 aromatic heterocycles. The molecule has 2 amide bonds. The number of ether oxygens (including phenoxy) is 1. The van der Waals surface area contributed by atoms with Crippen LogP contribution in [0.3, 0.4) is 0 Å². The van der Waals surface area contributed by atoms with Crippen LogP contribution in [0, 0.1) is 12.8 Å². The van der Waals surface area contributed by atoms with Gasteiger partial charge in [0, 0.05) is 0 Å². The molecule has 0 spiro atoms. The van der Waals surface area contributed by atoms with Crippen molar-refractivity contribution >= 4 is 29.2 Å². The van der Waals surface area contributed by atoms with Gasteiger partial charge in [-0.15, -0.1) is 0 Å². The van der Waals surface area contributed by atoms with Crippen molar-refractivity contribution in [3.63, 3.8) is 0 Å². The van der Waals surface area contributed by atoms with Crippen LogP contribution in [0.15, 0.2) is 71.3 Å². The molecule has 5 rings (SSSR count). The Balaban J connectivity index is 1.49. The number of anilines is 2. The highest BCUT2D eigenvalue weighted by Crippen LogP contribution is 2.48. The monoisotopic (exact) mass is 446 g/mol. The largest absolute Gasteiger partial charge is 0.467 e. The zero-order valence-electron chi connectivity index (χ0n) is 18.1. The summed E-state index contributed by atoms with van der Waals surface area (Å²) in [4.78, 5) is 46.0. The predicted octanol–water partition coefficient (Wildman–Crippen LogP) is 3.82. The first-order chi connectivity index (χ1) is 16.0. The van der Waals surface area contributed by atoms with Crippen molar-refractivity contribution in [2.45, 2.75) is 26.0 Å². The molecule has 2 aliphatic heterocycles. The van der Waals surface area contributed by atoms with E-state index in [1.54, 1.807) is 36.3 Å². The second-order valence-corrected chi connectivity index (χ2v) is 7.90. The number of hydrogen-bond acceptors (Lipinski definition) is 7. The summed E-state index contributed by atoms with van der Waals surface area (Å²) < 4.78 is 10.6. The number of para-hydroxylation sites is 1. The van der Waals surface area contributed by atoms with E-state index in [-0.39, 0.29) is 12.5 Å². The quantitative estimate of drug-likeness (QED) is 0.435. The second kappa shape index (κ2) is 8.22. The summed E-state index contributed by atoms with van der Waals surface area (Å²) in [6.07, 6.45) is 0.545. The molecule has 8 heteroatoms. The van der Waals surface area contributed by atoms with E-state index >= 15 is 0 Å². The number of furan rings is 1. The normalized spacial score (nSPS) is 22.1. The molecule has 2 aliphatic rings. The second-order valence-electron chi connectivity index (χ2n) is 7.90. The van der Waals surface area contributed by atoms with Gasteiger partial charge in [0.05, 0.1) is 29.8 Å². The molecule has 3 aromatic rings.